The first kappa shape index (κ1) is 21.7. The van der Waals surface area contributed by atoms with Gasteiger partial charge in [0.25, 0.3) is 0 Å². The fourth-order valence-corrected chi connectivity index (χ4v) is 3.18. The zero-order chi connectivity index (χ0) is 21.9. The first-order valence-corrected chi connectivity index (χ1v) is 9.27. The molecule has 0 bridgehead atoms. The van der Waals surface area contributed by atoms with E-state index in [4.69, 9.17) is 16.3 Å². The first-order valence-electron chi connectivity index (χ1n) is 8.89. The lowest BCUT2D eigenvalue weighted by Gasteiger charge is -2.27. The van der Waals surface area contributed by atoms with E-state index in [9.17, 15) is 22.8 Å². The van der Waals surface area contributed by atoms with E-state index in [1.165, 1.54) is 18.2 Å². The van der Waals surface area contributed by atoms with Crippen LogP contribution in [0.25, 0.3) is 6.08 Å². The molecule has 0 spiro atoms. The molecule has 1 aliphatic rings. The van der Waals surface area contributed by atoms with Gasteiger partial charge in [-0.1, -0.05) is 29.8 Å². The lowest BCUT2D eigenvalue weighted by atomic mass is 10.0. The number of carbonyl (C=O) groups is 2. The maximum absolute atomic E-state index is 13.4. The van der Waals surface area contributed by atoms with Crippen molar-refractivity contribution in [1.82, 2.24) is 0 Å². The molecule has 1 amide bonds. The molecule has 0 saturated carbocycles. The molecule has 2 aromatic carbocycles. The minimum absolute atomic E-state index is 0.0100. The third-order valence-corrected chi connectivity index (χ3v) is 4.67. The van der Waals surface area contributed by atoms with Crippen LogP contribution in [0.1, 0.15) is 27.9 Å². The predicted molar refractivity (Wildman–Crippen MR) is 106 cm³/mol. The van der Waals surface area contributed by atoms with Crippen molar-refractivity contribution in [2.45, 2.75) is 19.1 Å². The first-order chi connectivity index (χ1) is 14.2. The second-order valence-electron chi connectivity index (χ2n) is 6.45. The van der Waals surface area contributed by atoms with Crippen LogP contribution >= 0.6 is 11.6 Å². The molecule has 3 rings (SSSR count). The molecule has 5 nitrogen and oxygen atoms in total. The Morgan fingerprint density at radius 2 is 1.93 bits per heavy atom. The predicted octanol–water partition coefficient (Wildman–Crippen LogP) is 5.02. The highest BCUT2D eigenvalue weighted by Crippen LogP contribution is 2.35. The van der Waals surface area contributed by atoms with E-state index < -0.39 is 24.6 Å². The minimum atomic E-state index is -5.14. The van der Waals surface area contributed by atoms with Crippen LogP contribution in [0.2, 0.25) is 5.02 Å². The quantitative estimate of drug-likeness (QED) is 0.586. The smallest absolute Gasteiger partial charge is 0.471 e. The van der Waals surface area contributed by atoms with Gasteiger partial charge in [-0.2, -0.15) is 13.2 Å². The number of nitrogens with zero attached hydrogens (tertiary/aromatic N) is 1. The summed E-state index contributed by atoms with van der Waals surface area (Å²) < 4.78 is 50.6. The third kappa shape index (κ3) is 4.76. The van der Waals surface area contributed by atoms with Crippen molar-refractivity contribution in [3.63, 3.8) is 0 Å². The molecule has 1 aliphatic heterocycles. The Kier molecular flexibility index (Phi) is 6.36. The minimum Gasteiger partial charge on any atom is -0.491 e. The van der Waals surface area contributed by atoms with Crippen molar-refractivity contribution in [2.24, 2.45) is 0 Å². The molecular weight excluding hydrogens is 423 g/mol. The molecule has 30 heavy (non-hydrogen) atoms. The van der Waals surface area contributed by atoms with Crippen LogP contribution in [0, 0.1) is 0 Å². The summed E-state index contributed by atoms with van der Waals surface area (Å²) in [4.78, 5) is 24.8. The Balaban J connectivity index is 2.20. The number of ether oxygens (including phenoxy) is 2. The Hall–Kier alpha value is -3.00. The maximum atomic E-state index is 13.4. The number of fused-ring (bicyclic) bond motifs is 2. The number of methoxy groups -OCH3 is 1. The number of hydrogen-bond donors (Lipinski definition) is 0. The monoisotopic (exact) mass is 439 g/mol. The number of amides is 1. The van der Waals surface area contributed by atoms with Crippen molar-refractivity contribution in [3.8, 4) is 5.75 Å². The highest BCUT2D eigenvalue weighted by Gasteiger charge is 2.44. The van der Waals surface area contributed by atoms with Gasteiger partial charge in [-0.15, -0.1) is 0 Å². The molecule has 0 radical (unpaired) electrons. The van der Waals surface area contributed by atoms with E-state index in [-0.39, 0.29) is 23.6 Å². The number of alkyl halides is 3. The van der Waals surface area contributed by atoms with E-state index in [1.807, 2.05) is 0 Å². The summed E-state index contributed by atoms with van der Waals surface area (Å²) >= 11 is 6.03. The van der Waals surface area contributed by atoms with Crippen molar-refractivity contribution < 1.29 is 32.2 Å². The van der Waals surface area contributed by atoms with Gasteiger partial charge in [0.1, 0.15) is 5.75 Å². The topological polar surface area (TPSA) is 55.8 Å². The lowest BCUT2D eigenvalue weighted by molar-refractivity contribution is -0.170. The van der Waals surface area contributed by atoms with Crippen LogP contribution in [0.5, 0.6) is 5.75 Å². The zero-order valence-electron chi connectivity index (χ0n) is 15.8. The number of benzene rings is 2. The van der Waals surface area contributed by atoms with Crippen LogP contribution in [0.15, 0.2) is 42.5 Å². The molecule has 0 aliphatic carbocycles. The fourth-order valence-electron chi connectivity index (χ4n) is 3.00. The molecule has 0 aromatic heterocycles. The summed E-state index contributed by atoms with van der Waals surface area (Å²) in [6.07, 6.45) is -1.14. The van der Waals surface area contributed by atoms with E-state index in [0.717, 1.165) is 13.2 Å². The molecule has 158 valence electrons. The summed E-state index contributed by atoms with van der Waals surface area (Å²) in [7, 11) is 1.15. The van der Waals surface area contributed by atoms with Gasteiger partial charge in [-0.25, -0.2) is 4.79 Å². The molecular formula is C21H17ClF3NO4. The molecule has 2 aromatic rings. The van der Waals surface area contributed by atoms with E-state index >= 15 is 0 Å². The number of hydrogen-bond acceptors (Lipinski definition) is 4. The Bertz CT molecular complexity index is 1000. The number of rotatable bonds is 1. The van der Waals surface area contributed by atoms with Crippen molar-refractivity contribution in [2.75, 3.05) is 18.6 Å². The molecule has 0 unspecified atom stereocenters. The molecule has 0 atom stereocenters. The normalized spacial score (nSPS) is 15.2. The van der Waals surface area contributed by atoms with Gasteiger partial charge in [0, 0.05) is 5.02 Å². The van der Waals surface area contributed by atoms with Crippen LogP contribution < -0.4 is 9.64 Å². The van der Waals surface area contributed by atoms with Crippen LogP contribution in [-0.4, -0.2) is 31.8 Å². The molecule has 0 fully saturated rings. The fraction of sp³-hybridized carbons (Fsp3) is 0.238. The molecule has 0 saturated heterocycles. The number of esters is 1. The largest absolute Gasteiger partial charge is 0.491 e. The van der Waals surface area contributed by atoms with E-state index in [2.05, 4.69) is 4.74 Å². The lowest BCUT2D eigenvalue weighted by Crippen LogP contribution is -2.41. The third-order valence-electron chi connectivity index (χ3n) is 4.43. The van der Waals surface area contributed by atoms with Gasteiger partial charge in [0.05, 0.1) is 31.5 Å². The van der Waals surface area contributed by atoms with Gasteiger partial charge in [-0.05, 0) is 47.9 Å². The summed E-state index contributed by atoms with van der Waals surface area (Å²) in [5.41, 5.74) is 0.840. The summed E-state index contributed by atoms with van der Waals surface area (Å²) in [5.74, 6) is -2.79. The SMILES string of the molecule is COC(=O)c1ccc2c(c1)N(C(=O)C(F)(F)F)Cc1ccc(Cl)cc1/C=C\CCO2. The number of carbonyl (C=O) groups excluding carboxylic acids is 2. The van der Waals surface area contributed by atoms with Crippen molar-refractivity contribution >= 4 is 35.2 Å². The Morgan fingerprint density at radius 3 is 2.63 bits per heavy atom. The Morgan fingerprint density at radius 1 is 1.17 bits per heavy atom. The van der Waals surface area contributed by atoms with Gasteiger partial charge in [-0.3, -0.25) is 9.69 Å². The Labute approximate surface area is 175 Å². The van der Waals surface area contributed by atoms with E-state index in [1.54, 1.807) is 24.3 Å². The van der Waals surface area contributed by atoms with Gasteiger partial charge < -0.3 is 9.47 Å². The maximum Gasteiger partial charge on any atom is 0.471 e. The van der Waals surface area contributed by atoms with Crippen LogP contribution in [0.3, 0.4) is 0 Å². The average molecular weight is 440 g/mol. The molecule has 1 heterocycles. The summed E-state index contributed by atoms with van der Waals surface area (Å²) in [5, 5.41) is 0.409. The van der Waals surface area contributed by atoms with Crippen LogP contribution in [-0.2, 0) is 16.1 Å². The van der Waals surface area contributed by atoms with E-state index in [0.29, 0.717) is 27.5 Å². The average Bonchev–Trinajstić information content (AvgIpc) is 2.74. The van der Waals surface area contributed by atoms with Crippen LogP contribution in [0.4, 0.5) is 18.9 Å². The van der Waals surface area contributed by atoms with Crippen molar-refractivity contribution in [1.29, 1.82) is 0 Å². The highest BCUT2D eigenvalue weighted by molar-refractivity contribution is 6.30. The second kappa shape index (κ2) is 8.79. The van der Waals surface area contributed by atoms with Gasteiger partial charge >= 0.3 is 18.1 Å². The highest BCUT2D eigenvalue weighted by atomic mass is 35.5. The number of halogens is 4. The van der Waals surface area contributed by atoms with Gasteiger partial charge in [0.2, 0.25) is 0 Å². The summed E-state index contributed by atoms with van der Waals surface area (Å²) in [6, 6.07) is 8.57. The standard InChI is InChI=1S/C21H17ClF3NO4/c1-29-19(27)14-6-8-18-17(11-14)26(20(28)21(23,24)25)12-15-5-7-16(22)10-13(15)4-2-3-9-30-18/h2,4-8,10-11H,3,9,12H2,1H3/b4-2-. The van der Waals surface area contributed by atoms with Gasteiger partial charge in [0.15, 0.2) is 0 Å². The second-order valence-corrected chi connectivity index (χ2v) is 6.88. The molecule has 9 heteroatoms. The van der Waals surface area contributed by atoms with Crippen molar-refractivity contribution in [3.05, 3.63) is 64.2 Å². The molecule has 0 N–H and O–H groups in total. The zero-order valence-corrected chi connectivity index (χ0v) is 16.6. The summed E-state index contributed by atoms with van der Waals surface area (Å²) in [6.45, 7) is -0.249. The number of anilines is 1.